The SMILES string of the molecule is CN(C)C(CNC(=O)C1=NN(c2ccccc2)C(=O)CC1)c1cccc(F)c1. The number of anilines is 1. The van der Waals surface area contributed by atoms with Crippen molar-refractivity contribution in [2.75, 3.05) is 25.6 Å². The van der Waals surface area contributed by atoms with E-state index in [0.29, 0.717) is 24.4 Å². The molecule has 7 heteroatoms. The number of halogens is 1. The molecule has 1 atom stereocenters. The van der Waals surface area contributed by atoms with Gasteiger partial charge >= 0.3 is 0 Å². The Morgan fingerprint density at radius 1 is 1.18 bits per heavy atom. The summed E-state index contributed by atoms with van der Waals surface area (Å²) in [5, 5.41) is 8.40. The lowest BCUT2D eigenvalue weighted by Crippen LogP contribution is -2.41. The van der Waals surface area contributed by atoms with Gasteiger partial charge in [0.1, 0.15) is 11.5 Å². The van der Waals surface area contributed by atoms with Crippen molar-refractivity contribution < 1.29 is 14.0 Å². The first kappa shape index (κ1) is 19.7. The van der Waals surface area contributed by atoms with Crippen LogP contribution in [0.25, 0.3) is 0 Å². The smallest absolute Gasteiger partial charge is 0.267 e. The lowest BCUT2D eigenvalue weighted by Gasteiger charge is -2.26. The monoisotopic (exact) mass is 382 g/mol. The molecule has 2 amide bonds. The van der Waals surface area contributed by atoms with E-state index in [0.717, 1.165) is 5.56 Å². The topological polar surface area (TPSA) is 65.0 Å². The van der Waals surface area contributed by atoms with Crippen molar-refractivity contribution in [3.63, 3.8) is 0 Å². The average molecular weight is 382 g/mol. The van der Waals surface area contributed by atoms with Crippen LogP contribution in [0.5, 0.6) is 0 Å². The molecule has 0 radical (unpaired) electrons. The molecule has 0 fully saturated rings. The van der Waals surface area contributed by atoms with Gasteiger partial charge in [-0.1, -0.05) is 30.3 Å². The Hall–Kier alpha value is -3.06. The number of carbonyl (C=O) groups excluding carboxylic acids is 2. The summed E-state index contributed by atoms with van der Waals surface area (Å²) in [5.41, 5.74) is 1.71. The van der Waals surface area contributed by atoms with Crippen LogP contribution in [0.2, 0.25) is 0 Å². The number of benzene rings is 2. The van der Waals surface area contributed by atoms with Crippen molar-refractivity contribution in [2.45, 2.75) is 18.9 Å². The van der Waals surface area contributed by atoms with Gasteiger partial charge in [0, 0.05) is 19.4 Å². The number of rotatable bonds is 6. The molecule has 2 aromatic carbocycles. The van der Waals surface area contributed by atoms with Crippen LogP contribution >= 0.6 is 0 Å². The number of nitrogens with one attached hydrogen (secondary N) is 1. The predicted octanol–water partition coefficient (Wildman–Crippen LogP) is 2.73. The highest BCUT2D eigenvalue weighted by atomic mass is 19.1. The fraction of sp³-hybridized carbons (Fsp3) is 0.286. The summed E-state index contributed by atoms with van der Waals surface area (Å²) in [6.07, 6.45) is 0.517. The molecule has 1 N–H and O–H groups in total. The Kier molecular flexibility index (Phi) is 6.16. The van der Waals surface area contributed by atoms with Crippen molar-refractivity contribution in [1.82, 2.24) is 10.2 Å². The van der Waals surface area contributed by atoms with Gasteiger partial charge in [-0.25, -0.2) is 9.40 Å². The minimum Gasteiger partial charge on any atom is -0.349 e. The van der Waals surface area contributed by atoms with Crippen LogP contribution in [0.1, 0.15) is 24.4 Å². The van der Waals surface area contributed by atoms with E-state index in [-0.39, 0.29) is 30.1 Å². The van der Waals surface area contributed by atoms with Gasteiger partial charge in [0.25, 0.3) is 5.91 Å². The molecule has 146 valence electrons. The van der Waals surface area contributed by atoms with Crippen LogP contribution < -0.4 is 10.3 Å². The maximum Gasteiger partial charge on any atom is 0.267 e. The fourth-order valence-corrected chi connectivity index (χ4v) is 3.09. The van der Waals surface area contributed by atoms with Gasteiger partial charge in [-0.05, 0) is 43.9 Å². The molecule has 1 heterocycles. The summed E-state index contributed by atoms with van der Waals surface area (Å²) in [7, 11) is 3.74. The molecule has 1 aliphatic rings. The average Bonchev–Trinajstić information content (AvgIpc) is 2.69. The van der Waals surface area contributed by atoms with Crippen LogP contribution in [-0.4, -0.2) is 43.1 Å². The number of hydrazone groups is 1. The number of para-hydroxylation sites is 1. The first-order valence-corrected chi connectivity index (χ1v) is 9.11. The molecule has 0 aliphatic carbocycles. The van der Waals surface area contributed by atoms with Crippen LogP contribution in [0.15, 0.2) is 59.7 Å². The second kappa shape index (κ2) is 8.75. The van der Waals surface area contributed by atoms with Gasteiger partial charge in [-0.15, -0.1) is 0 Å². The van der Waals surface area contributed by atoms with E-state index in [1.165, 1.54) is 17.1 Å². The highest BCUT2D eigenvalue weighted by Crippen LogP contribution is 2.21. The molecule has 0 aromatic heterocycles. The first-order chi connectivity index (χ1) is 13.5. The van der Waals surface area contributed by atoms with E-state index in [9.17, 15) is 14.0 Å². The van der Waals surface area contributed by atoms with E-state index in [2.05, 4.69) is 10.4 Å². The second-order valence-corrected chi connectivity index (χ2v) is 6.83. The highest BCUT2D eigenvalue weighted by molar-refractivity contribution is 6.40. The Balaban J connectivity index is 1.72. The van der Waals surface area contributed by atoms with Crippen LogP contribution in [0.3, 0.4) is 0 Å². The van der Waals surface area contributed by atoms with E-state index >= 15 is 0 Å². The van der Waals surface area contributed by atoms with Crippen LogP contribution in [-0.2, 0) is 9.59 Å². The minimum absolute atomic E-state index is 0.145. The highest BCUT2D eigenvalue weighted by Gasteiger charge is 2.26. The van der Waals surface area contributed by atoms with Crippen LogP contribution in [0, 0.1) is 5.82 Å². The lowest BCUT2D eigenvalue weighted by molar-refractivity contribution is -0.119. The number of amides is 2. The van der Waals surface area contributed by atoms with E-state index < -0.39 is 0 Å². The molecular weight excluding hydrogens is 359 g/mol. The van der Waals surface area contributed by atoms with Crippen molar-refractivity contribution in [1.29, 1.82) is 0 Å². The molecule has 0 spiro atoms. The summed E-state index contributed by atoms with van der Waals surface area (Å²) < 4.78 is 13.6. The second-order valence-electron chi connectivity index (χ2n) is 6.83. The Labute approximate surface area is 163 Å². The number of likely N-dealkylation sites (N-methyl/N-ethyl adjacent to an activating group) is 1. The largest absolute Gasteiger partial charge is 0.349 e. The van der Waals surface area contributed by atoms with Crippen molar-refractivity contribution in [3.8, 4) is 0 Å². The summed E-state index contributed by atoms with van der Waals surface area (Å²) in [6.45, 7) is 0.299. The molecule has 0 saturated heterocycles. The lowest BCUT2D eigenvalue weighted by atomic mass is 10.1. The molecule has 6 nitrogen and oxygen atoms in total. The minimum atomic E-state index is -0.323. The summed E-state index contributed by atoms with van der Waals surface area (Å²) >= 11 is 0. The maximum atomic E-state index is 13.6. The Morgan fingerprint density at radius 3 is 2.61 bits per heavy atom. The first-order valence-electron chi connectivity index (χ1n) is 9.11. The zero-order valence-electron chi connectivity index (χ0n) is 15.9. The molecule has 0 bridgehead atoms. The predicted molar refractivity (Wildman–Crippen MR) is 106 cm³/mol. The van der Waals surface area contributed by atoms with Gasteiger partial charge in [-0.3, -0.25) is 9.59 Å². The number of carbonyl (C=O) groups is 2. The molecular formula is C21H23FN4O2. The third kappa shape index (κ3) is 4.61. The molecule has 1 unspecified atom stereocenters. The van der Waals surface area contributed by atoms with Gasteiger partial charge in [-0.2, -0.15) is 5.10 Å². The van der Waals surface area contributed by atoms with Crippen LogP contribution in [0.4, 0.5) is 10.1 Å². The third-order valence-electron chi connectivity index (χ3n) is 4.61. The summed E-state index contributed by atoms with van der Waals surface area (Å²) in [6, 6.07) is 15.2. The van der Waals surface area contributed by atoms with Gasteiger partial charge in [0.05, 0.1) is 11.7 Å². The molecule has 0 saturated carbocycles. The Morgan fingerprint density at radius 2 is 1.93 bits per heavy atom. The maximum absolute atomic E-state index is 13.6. The number of hydrogen-bond acceptors (Lipinski definition) is 4. The van der Waals surface area contributed by atoms with Gasteiger partial charge in [0.15, 0.2) is 0 Å². The van der Waals surface area contributed by atoms with E-state index in [1.807, 2.05) is 43.3 Å². The van der Waals surface area contributed by atoms with Gasteiger partial charge < -0.3 is 10.2 Å². The van der Waals surface area contributed by atoms with Gasteiger partial charge in [0.2, 0.25) is 5.91 Å². The van der Waals surface area contributed by atoms with E-state index in [4.69, 9.17) is 0 Å². The zero-order chi connectivity index (χ0) is 20.1. The summed E-state index contributed by atoms with van der Waals surface area (Å²) in [4.78, 5) is 26.7. The third-order valence-corrected chi connectivity index (χ3v) is 4.61. The molecule has 2 aromatic rings. The van der Waals surface area contributed by atoms with Crippen molar-refractivity contribution >= 4 is 23.2 Å². The molecule has 3 rings (SSSR count). The fourth-order valence-electron chi connectivity index (χ4n) is 3.09. The molecule has 1 aliphatic heterocycles. The normalized spacial score (nSPS) is 15.4. The van der Waals surface area contributed by atoms with E-state index in [1.54, 1.807) is 18.2 Å². The standard InChI is InChI=1S/C21H23FN4O2/c1-25(2)19(15-7-6-8-16(22)13-15)14-23-21(28)18-11-12-20(27)26(24-18)17-9-4-3-5-10-17/h3-10,13,19H,11-12,14H2,1-2H3,(H,23,28). The number of nitrogens with zero attached hydrogens (tertiary/aromatic N) is 3. The molecule has 28 heavy (non-hydrogen) atoms. The van der Waals surface area contributed by atoms with Crippen molar-refractivity contribution in [3.05, 3.63) is 66.0 Å². The summed E-state index contributed by atoms with van der Waals surface area (Å²) in [5.74, 6) is -0.783. The number of hydrogen-bond donors (Lipinski definition) is 1. The quantitative estimate of drug-likeness (QED) is 0.836. The van der Waals surface area contributed by atoms with Crippen molar-refractivity contribution in [2.24, 2.45) is 5.10 Å². The Bertz CT molecular complexity index is 883. The zero-order valence-corrected chi connectivity index (χ0v) is 15.9.